The Morgan fingerprint density at radius 1 is 1.08 bits per heavy atom. The number of thiophene rings is 1. The molecular formula is C30H27ClFN3OS. The second kappa shape index (κ2) is 11.0. The lowest BCUT2D eigenvalue weighted by Gasteiger charge is -2.37. The molecule has 0 unspecified atom stereocenters. The maximum atomic E-state index is 15.1. The Morgan fingerprint density at radius 2 is 1.78 bits per heavy atom. The van der Waals surface area contributed by atoms with E-state index in [2.05, 4.69) is 11.4 Å². The summed E-state index contributed by atoms with van der Waals surface area (Å²) in [6.45, 7) is 0.161. The fourth-order valence-electron chi connectivity index (χ4n) is 5.12. The van der Waals surface area contributed by atoms with E-state index in [0.717, 1.165) is 46.9 Å². The van der Waals surface area contributed by atoms with Crippen LogP contribution in [0.25, 0.3) is 21.2 Å². The molecule has 0 atom stereocenters. The average molecular weight is 532 g/mol. The molecule has 1 amide bonds. The minimum absolute atomic E-state index is 0.00338. The van der Waals surface area contributed by atoms with Gasteiger partial charge in [-0.2, -0.15) is 5.26 Å². The van der Waals surface area contributed by atoms with Crippen LogP contribution in [0.4, 0.5) is 4.39 Å². The van der Waals surface area contributed by atoms with Crippen LogP contribution in [-0.2, 0) is 6.54 Å². The summed E-state index contributed by atoms with van der Waals surface area (Å²) < 4.78 is 16.1. The fraction of sp³-hybridized carbons (Fsp3) is 0.267. The molecule has 4 nitrogen and oxygen atoms in total. The molecule has 4 aromatic rings. The molecular weight excluding hydrogens is 505 g/mol. The highest BCUT2D eigenvalue weighted by atomic mass is 35.5. The summed E-state index contributed by atoms with van der Waals surface area (Å²) in [4.78, 5) is 16.3. The van der Waals surface area contributed by atoms with Gasteiger partial charge < -0.3 is 10.2 Å². The van der Waals surface area contributed by atoms with Gasteiger partial charge in [-0.3, -0.25) is 4.79 Å². The number of nitrogens with one attached hydrogen (secondary N) is 1. The van der Waals surface area contributed by atoms with Crippen molar-refractivity contribution < 1.29 is 9.18 Å². The first kappa shape index (κ1) is 25.4. The van der Waals surface area contributed by atoms with Crippen LogP contribution >= 0.6 is 22.9 Å². The number of nitriles is 1. The third-order valence-electron chi connectivity index (χ3n) is 7.27. The molecule has 0 radical (unpaired) electrons. The van der Waals surface area contributed by atoms with Gasteiger partial charge in [0.05, 0.1) is 16.7 Å². The molecule has 1 aromatic heterocycles. The summed E-state index contributed by atoms with van der Waals surface area (Å²) in [7, 11) is 1.97. The van der Waals surface area contributed by atoms with Gasteiger partial charge >= 0.3 is 0 Å². The van der Waals surface area contributed by atoms with Crippen LogP contribution in [0.5, 0.6) is 0 Å². The SMILES string of the molecule is CNC1CCC(N(Cc2cc(-c3ccc(C#N)cc3)ccc2F)C(=O)c2sc3ccccc3c2Cl)CC1. The van der Waals surface area contributed by atoms with Gasteiger partial charge in [0.15, 0.2) is 0 Å². The molecule has 1 aliphatic carbocycles. The number of amides is 1. The molecule has 188 valence electrons. The van der Waals surface area contributed by atoms with Crippen LogP contribution < -0.4 is 5.32 Å². The van der Waals surface area contributed by atoms with Gasteiger partial charge in [0.2, 0.25) is 0 Å². The fourth-order valence-corrected chi connectivity index (χ4v) is 6.59. The summed E-state index contributed by atoms with van der Waals surface area (Å²) in [5, 5.41) is 13.8. The highest BCUT2D eigenvalue weighted by Crippen LogP contribution is 2.38. The van der Waals surface area contributed by atoms with Crippen molar-refractivity contribution in [3.8, 4) is 17.2 Å². The maximum Gasteiger partial charge on any atom is 0.266 e. The monoisotopic (exact) mass is 531 g/mol. The van der Waals surface area contributed by atoms with E-state index in [9.17, 15) is 4.79 Å². The molecule has 3 aromatic carbocycles. The van der Waals surface area contributed by atoms with Crippen molar-refractivity contribution in [3.63, 3.8) is 0 Å². The summed E-state index contributed by atoms with van der Waals surface area (Å²) in [5.41, 5.74) is 2.76. The number of hydrogen-bond donors (Lipinski definition) is 1. The Hall–Kier alpha value is -3.24. The van der Waals surface area contributed by atoms with Gasteiger partial charge in [-0.25, -0.2) is 4.39 Å². The summed E-state index contributed by atoms with van der Waals surface area (Å²) in [6, 6.07) is 22.5. The number of carbonyl (C=O) groups is 1. The first-order chi connectivity index (χ1) is 18.0. The van der Waals surface area contributed by atoms with Gasteiger partial charge in [-0.05, 0) is 74.2 Å². The van der Waals surface area contributed by atoms with Crippen LogP contribution in [0.15, 0.2) is 66.7 Å². The van der Waals surface area contributed by atoms with Gasteiger partial charge in [0, 0.05) is 34.3 Å². The normalized spacial score (nSPS) is 17.5. The summed E-state index contributed by atoms with van der Waals surface area (Å²) >= 11 is 8.09. The molecule has 0 bridgehead atoms. The maximum absolute atomic E-state index is 15.1. The van der Waals surface area contributed by atoms with Crippen molar-refractivity contribution in [3.05, 3.63) is 93.6 Å². The second-order valence-corrected chi connectivity index (χ2v) is 10.9. The Labute approximate surface area is 225 Å². The largest absolute Gasteiger partial charge is 0.330 e. The number of halogens is 2. The van der Waals surface area contributed by atoms with Gasteiger partial charge in [0.25, 0.3) is 5.91 Å². The van der Waals surface area contributed by atoms with E-state index in [1.54, 1.807) is 18.2 Å². The zero-order chi connectivity index (χ0) is 25.9. The number of hydrogen-bond acceptors (Lipinski definition) is 4. The second-order valence-electron chi connectivity index (χ2n) is 9.46. The Balaban J connectivity index is 1.50. The molecule has 37 heavy (non-hydrogen) atoms. The van der Waals surface area contributed by atoms with Crippen molar-refractivity contribution >= 4 is 38.9 Å². The Morgan fingerprint density at radius 3 is 2.46 bits per heavy atom. The molecule has 1 saturated carbocycles. The van der Waals surface area contributed by atoms with Gasteiger partial charge in [0.1, 0.15) is 10.7 Å². The standard InChI is InChI=1S/C30H27ClFN3OS/c1-34-23-11-13-24(14-12-23)35(30(36)29-28(31)25-4-2-3-5-27(25)37-29)18-22-16-21(10-15-26(22)32)20-8-6-19(17-33)7-9-20/h2-10,15-16,23-24,34H,11-14,18H2,1H3. The van der Waals surface area contributed by atoms with Crippen LogP contribution in [0, 0.1) is 17.1 Å². The van der Waals surface area contributed by atoms with E-state index in [0.29, 0.717) is 27.1 Å². The van der Waals surface area contributed by atoms with Crippen molar-refractivity contribution in [2.24, 2.45) is 0 Å². The van der Waals surface area contributed by atoms with Crippen LogP contribution in [0.1, 0.15) is 46.5 Å². The molecule has 1 heterocycles. The molecule has 0 aliphatic heterocycles. The smallest absolute Gasteiger partial charge is 0.266 e. The topological polar surface area (TPSA) is 56.1 Å². The van der Waals surface area contributed by atoms with E-state index in [1.807, 2.05) is 54.4 Å². The van der Waals surface area contributed by atoms with Crippen LogP contribution in [0.3, 0.4) is 0 Å². The first-order valence-electron chi connectivity index (χ1n) is 12.4. The third kappa shape index (κ3) is 5.26. The molecule has 7 heteroatoms. The van der Waals surface area contributed by atoms with Gasteiger partial charge in [-0.1, -0.05) is 48.0 Å². The van der Waals surface area contributed by atoms with Crippen LogP contribution in [-0.4, -0.2) is 29.9 Å². The zero-order valence-corrected chi connectivity index (χ0v) is 22.1. The average Bonchev–Trinajstić information content (AvgIpc) is 3.29. The number of fused-ring (bicyclic) bond motifs is 1. The molecule has 1 aliphatic rings. The van der Waals surface area contributed by atoms with Gasteiger partial charge in [-0.15, -0.1) is 11.3 Å². The lowest BCUT2D eigenvalue weighted by Crippen LogP contribution is -2.44. The van der Waals surface area contributed by atoms with Crippen molar-refractivity contribution in [1.29, 1.82) is 5.26 Å². The zero-order valence-electron chi connectivity index (χ0n) is 20.5. The summed E-state index contributed by atoms with van der Waals surface area (Å²) in [5.74, 6) is -0.496. The van der Waals surface area contributed by atoms with Crippen molar-refractivity contribution in [1.82, 2.24) is 10.2 Å². The minimum atomic E-state index is -0.346. The lowest BCUT2D eigenvalue weighted by atomic mass is 9.89. The third-order valence-corrected chi connectivity index (χ3v) is 8.93. The van der Waals surface area contributed by atoms with E-state index >= 15 is 4.39 Å². The van der Waals surface area contributed by atoms with E-state index in [1.165, 1.54) is 17.4 Å². The molecule has 0 saturated heterocycles. The predicted octanol–water partition coefficient (Wildman–Crippen LogP) is 7.41. The number of nitrogens with zero attached hydrogens (tertiary/aromatic N) is 2. The minimum Gasteiger partial charge on any atom is -0.330 e. The van der Waals surface area contributed by atoms with Crippen LogP contribution in [0.2, 0.25) is 5.02 Å². The molecule has 5 rings (SSSR count). The number of benzene rings is 3. The van der Waals surface area contributed by atoms with E-state index in [4.69, 9.17) is 16.9 Å². The van der Waals surface area contributed by atoms with E-state index in [-0.39, 0.29) is 24.3 Å². The van der Waals surface area contributed by atoms with E-state index < -0.39 is 0 Å². The number of carbonyl (C=O) groups excluding carboxylic acids is 1. The Kier molecular flexibility index (Phi) is 7.57. The van der Waals surface area contributed by atoms with Crippen molar-refractivity contribution in [2.75, 3.05) is 7.05 Å². The predicted molar refractivity (Wildman–Crippen MR) is 148 cm³/mol. The number of rotatable bonds is 6. The highest BCUT2D eigenvalue weighted by molar-refractivity contribution is 7.21. The molecule has 1 fully saturated rings. The quantitative estimate of drug-likeness (QED) is 0.282. The Bertz CT molecular complexity index is 1470. The highest BCUT2D eigenvalue weighted by Gasteiger charge is 2.32. The molecule has 0 spiro atoms. The summed E-state index contributed by atoms with van der Waals surface area (Å²) in [6.07, 6.45) is 3.60. The molecule has 1 N–H and O–H groups in total. The lowest BCUT2D eigenvalue weighted by molar-refractivity contribution is 0.0604. The first-order valence-corrected chi connectivity index (χ1v) is 13.6. The van der Waals surface area contributed by atoms with Crippen molar-refractivity contribution in [2.45, 2.75) is 44.3 Å².